The Morgan fingerprint density at radius 2 is 2.24 bits per heavy atom. The summed E-state index contributed by atoms with van der Waals surface area (Å²) in [4.78, 5) is 13.6. The minimum absolute atomic E-state index is 0.102. The van der Waals surface area contributed by atoms with Gasteiger partial charge in [-0.3, -0.25) is 4.79 Å². The molecule has 1 aromatic carbocycles. The van der Waals surface area contributed by atoms with E-state index in [1.165, 1.54) is 23.1 Å². The number of benzene rings is 1. The van der Waals surface area contributed by atoms with Gasteiger partial charge in [0.2, 0.25) is 0 Å². The Hall–Kier alpha value is -1.13. The quantitative estimate of drug-likeness (QED) is 0.897. The van der Waals surface area contributed by atoms with E-state index in [-0.39, 0.29) is 29.8 Å². The summed E-state index contributed by atoms with van der Waals surface area (Å²) in [6.45, 7) is 0.0858. The van der Waals surface area contributed by atoms with Crippen molar-refractivity contribution in [2.75, 3.05) is 13.2 Å². The molecule has 0 atom stereocenters. The Balaban J connectivity index is 2.28. The fourth-order valence-electron chi connectivity index (χ4n) is 1.79. The lowest BCUT2D eigenvalue weighted by atomic mass is 10.1. The topological polar surface area (TPSA) is 40.5 Å². The first-order valence-electron chi connectivity index (χ1n) is 5.51. The minimum Gasteiger partial charge on any atom is -0.395 e. The molecule has 0 bridgehead atoms. The van der Waals surface area contributed by atoms with Crippen molar-refractivity contribution in [1.82, 2.24) is 4.90 Å². The number of hydrogen-bond acceptors (Lipinski definition) is 2. The number of hydrogen-bond donors (Lipinski definition) is 1. The number of carbonyl (C=O) groups excluding carboxylic acids is 1. The molecule has 92 valence electrons. The SMILES string of the molecule is O=C(c1c(F)cccc1Cl)N(CCO)C1CC1. The highest BCUT2D eigenvalue weighted by molar-refractivity contribution is 6.33. The van der Waals surface area contributed by atoms with Crippen molar-refractivity contribution in [2.24, 2.45) is 0 Å². The van der Waals surface area contributed by atoms with E-state index < -0.39 is 11.7 Å². The third-order valence-electron chi connectivity index (χ3n) is 2.77. The number of carbonyl (C=O) groups is 1. The van der Waals surface area contributed by atoms with Gasteiger partial charge in [0.1, 0.15) is 5.82 Å². The van der Waals surface area contributed by atoms with Gasteiger partial charge in [-0.15, -0.1) is 0 Å². The monoisotopic (exact) mass is 257 g/mol. The maximum absolute atomic E-state index is 13.6. The molecule has 1 amide bonds. The van der Waals surface area contributed by atoms with Crippen LogP contribution in [0.4, 0.5) is 4.39 Å². The van der Waals surface area contributed by atoms with Gasteiger partial charge in [0, 0.05) is 12.6 Å². The molecule has 0 unspecified atom stereocenters. The van der Waals surface area contributed by atoms with E-state index in [1.54, 1.807) is 0 Å². The van der Waals surface area contributed by atoms with E-state index in [9.17, 15) is 9.18 Å². The number of aliphatic hydroxyl groups excluding tert-OH is 1. The molecule has 5 heteroatoms. The minimum atomic E-state index is -0.619. The van der Waals surface area contributed by atoms with Crippen molar-refractivity contribution >= 4 is 17.5 Å². The second kappa shape index (κ2) is 5.02. The molecule has 0 saturated heterocycles. The molecule has 1 N–H and O–H groups in total. The van der Waals surface area contributed by atoms with Crippen LogP contribution in [0.15, 0.2) is 18.2 Å². The molecular weight excluding hydrogens is 245 g/mol. The predicted octanol–water partition coefficient (Wildman–Crippen LogP) is 2.08. The molecule has 0 heterocycles. The lowest BCUT2D eigenvalue weighted by Gasteiger charge is -2.22. The molecule has 0 radical (unpaired) electrons. The Kier molecular flexibility index (Phi) is 3.64. The first kappa shape index (κ1) is 12.3. The summed E-state index contributed by atoms with van der Waals surface area (Å²) in [7, 11) is 0. The lowest BCUT2D eigenvalue weighted by Crippen LogP contribution is -2.36. The van der Waals surface area contributed by atoms with Gasteiger partial charge in [0.05, 0.1) is 17.2 Å². The van der Waals surface area contributed by atoms with E-state index in [2.05, 4.69) is 0 Å². The van der Waals surface area contributed by atoms with Crippen molar-refractivity contribution in [3.63, 3.8) is 0 Å². The van der Waals surface area contributed by atoms with Crippen LogP contribution in [0.3, 0.4) is 0 Å². The second-order valence-electron chi connectivity index (χ2n) is 4.05. The molecule has 1 aliphatic rings. The highest BCUT2D eigenvalue weighted by Crippen LogP contribution is 2.30. The van der Waals surface area contributed by atoms with Gasteiger partial charge >= 0.3 is 0 Å². The lowest BCUT2D eigenvalue weighted by molar-refractivity contribution is 0.0703. The Morgan fingerprint density at radius 3 is 2.76 bits per heavy atom. The fourth-order valence-corrected chi connectivity index (χ4v) is 2.03. The Labute approximate surface area is 104 Å². The van der Waals surface area contributed by atoms with Crippen molar-refractivity contribution in [1.29, 1.82) is 0 Å². The normalized spacial score (nSPS) is 14.8. The largest absolute Gasteiger partial charge is 0.395 e. The Bertz CT molecular complexity index is 414. The average molecular weight is 258 g/mol. The standard InChI is InChI=1S/C12H13ClFNO2/c13-9-2-1-3-10(14)11(9)12(17)15(6-7-16)8-4-5-8/h1-3,8,16H,4-7H2. The maximum atomic E-state index is 13.6. The van der Waals surface area contributed by atoms with Gasteiger partial charge in [0.25, 0.3) is 5.91 Å². The first-order valence-corrected chi connectivity index (χ1v) is 5.88. The van der Waals surface area contributed by atoms with Gasteiger partial charge in [-0.2, -0.15) is 0 Å². The first-order chi connectivity index (χ1) is 8.15. The third-order valence-corrected chi connectivity index (χ3v) is 3.08. The van der Waals surface area contributed by atoms with Crippen LogP contribution in [0.2, 0.25) is 5.02 Å². The number of halogens is 2. The van der Waals surface area contributed by atoms with Crippen molar-refractivity contribution in [2.45, 2.75) is 18.9 Å². The summed E-state index contributed by atoms with van der Waals surface area (Å²) in [6, 6.07) is 4.28. The molecule has 1 aromatic rings. The summed E-state index contributed by atoms with van der Waals surface area (Å²) in [5.41, 5.74) is -0.102. The summed E-state index contributed by atoms with van der Waals surface area (Å²) < 4.78 is 13.6. The number of aliphatic hydroxyl groups is 1. The van der Waals surface area contributed by atoms with Crippen molar-refractivity contribution in [3.05, 3.63) is 34.6 Å². The van der Waals surface area contributed by atoms with Gasteiger partial charge < -0.3 is 10.0 Å². The summed E-state index contributed by atoms with van der Waals surface area (Å²) in [5, 5.41) is 9.04. The van der Waals surface area contributed by atoms with Crippen LogP contribution in [0, 0.1) is 5.82 Å². The van der Waals surface area contributed by atoms with Gasteiger partial charge in [-0.1, -0.05) is 17.7 Å². The molecule has 0 spiro atoms. The Morgan fingerprint density at radius 1 is 1.53 bits per heavy atom. The van der Waals surface area contributed by atoms with Gasteiger partial charge in [-0.05, 0) is 25.0 Å². The third kappa shape index (κ3) is 2.58. The van der Waals surface area contributed by atoms with E-state index >= 15 is 0 Å². The van der Waals surface area contributed by atoms with Crippen molar-refractivity contribution < 1.29 is 14.3 Å². The van der Waals surface area contributed by atoms with Crippen LogP contribution in [0.5, 0.6) is 0 Å². The molecule has 1 aliphatic carbocycles. The molecule has 1 fully saturated rings. The summed E-state index contributed by atoms with van der Waals surface area (Å²) in [5.74, 6) is -1.06. The molecule has 3 nitrogen and oxygen atoms in total. The molecule has 17 heavy (non-hydrogen) atoms. The van der Waals surface area contributed by atoms with Crippen LogP contribution in [-0.4, -0.2) is 35.1 Å². The van der Waals surface area contributed by atoms with E-state index in [0.717, 1.165) is 12.8 Å². The summed E-state index contributed by atoms with van der Waals surface area (Å²) >= 11 is 5.84. The average Bonchev–Trinajstić information content (AvgIpc) is 3.09. The van der Waals surface area contributed by atoms with Crippen LogP contribution < -0.4 is 0 Å². The number of nitrogens with zero attached hydrogens (tertiary/aromatic N) is 1. The number of amides is 1. The fraction of sp³-hybridized carbons (Fsp3) is 0.417. The van der Waals surface area contributed by atoms with E-state index in [1.807, 2.05) is 0 Å². The second-order valence-corrected chi connectivity index (χ2v) is 4.46. The van der Waals surface area contributed by atoms with Crippen LogP contribution in [-0.2, 0) is 0 Å². The van der Waals surface area contributed by atoms with E-state index in [4.69, 9.17) is 16.7 Å². The molecule has 0 aromatic heterocycles. The zero-order valence-electron chi connectivity index (χ0n) is 9.20. The van der Waals surface area contributed by atoms with Gasteiger partial charge in [0.15, 0.2) is 0 Å². The predicted molar refractivity (Wildman–Crippen MR) is 62.6 cm³/mol. The van der Waals surface area contributed by atoms with Crippen LogP contribution in [0.25, 0.3) is 0 Å². The highest BCUT2D eigenvalue weighted by Gasteiger charge is 2.34. The molecule has 2 rings (SSSR count). The maximum Gasteiger partial charge on any atom is 0.258 e. The molecule has 0 aliphatic heterocycles. The number of rotatable bonds is 4. The molecule has 1 saturated carbocycles. The summed E-state index contributed by atoms with van der Waals surface area (Å²) in [6.07, 6.45) is 1.80. The van der Waals surface area contributed by atoms with Crippen LogP contribution >= 0.6 is 11.6 Å². The van der Waals surface area contributed by atoms with Crippen LogP contribution in [0.1, 0.15) is 23.2 Å². The van der Waals surface area contributed by atoms with E-state index in [0.29, 0.717) is 0 Å². The van der Waals surface area contributed by atoms with Crippen molar-refractivity contribution in [3.8, 4) is 0 Å². The molecular formula is C12H13ClFNO2. The smallest absolute Gasteiger partial charge is 0.258 e. The zero-order valence-corrected chi connectivity index (χ0v) is 9.95. The van der Waals surface area contributed by atoms with Gasteiger partial charge in [-0.25, -0.2) is 4.39 Å². The highest BCUT2D eigenvalue weighted by atomic mass is 35.5. The zero-order chi connectivity index (χ0) is 12.4.